The molecule has 7 heavy (non-hydrogen) atoms. The van der Waals surface area contributed by atoms with Crippen LogP contribution in [-0.4, -0.2) is 5.78 Å². The van der Waals surface area contributed by atoms with Crippen LogP contribution in [0, 0.1) is 0 Å². The summed E-state index contributed by atoms with van der Waals surface area (Å²) in [5.41, 5.74) is 0. The van der Waals surface area contributed by atoms with Crippen LogP contribution in [0.3, 0.4) is 0 Å². The molecule has 0 aliphatic rings. The molecule has 0 bridgehead atoms. The van der Waals surface area contributed by atoms with Crippen LogP contribution in [0.15, 0.2) is 0 Å². The van der Waals surface area contributed by atoms with Gasteiger partial charge in [0.1, 0.15) is 5.78 Å². The van der Waals surface area contributed by atoms with E-state index in [0.717, 1.165) is 13.1 Å². The summed E-state index contributed by atoms with van der Waals surface area (Å²) in [6.45, 7) is 3.06. The Kier molecular flexibility index (Phi) is 15.1. The van der Waals surface area contributed by atoms with Gasteiger partial charge in [-0.15, -0.1) is 0 Å². The van der Waals surface area contributed by atoms with Crippen molar-refractivity contribution in [1.82, 2.24) is 0 Å². The van der Waals surface area contributed by atoms with Crippen molar-refractivity contribution < 1.29 is 17.9 Å². The summed E-state index contributed by atoms with van der Waals surface area (Å²) in [6, 6.07) is 0. The molecule has 49 valence electrons. The molecule has 0 atom stereocenters. The quantitative estimate of drug-likeness (QED) is 0.537. The van der Waals surface area contributed by atoms with E-state index < -0.39 is 0 Å². The molecule has 0 saturated heterocycles. The van der Waals surface area contributed by atoms with Gasteiger partial charge in [-0.3, -0.25) is 0 Å². The number of carbonyl (C=O) groups excluding carboxylic acids is 1. The molecule has 1 nitrogen and oxygen atoms in total. The Balaban J connectivity index is 0. The second kappa shape index (κ2) is 9.91. The molecule has 0 spiro atoms. The van der Waals surface area contributed by atoms with E-state index in [1.165, 1.54) is 13.8 Å². The maximum atomic E-state index is 9.44. The first-order valence-electron chi connectivity index (χ1n) is 1.43. The predicted molar refractivity (Wildman–Crippen MR) is 28.1 cm³/mol. The zero-order valence-electron chi connectivity index (χ0n) is 3.97. The SMILES string of the molecule is CC(C)=O.[Cl][Cu][Cl]. The molecule has 0 aromatic carbocycles. The molecule has 0 aliphatic carbocycles. The van der Waals surface area contributed by atoms with Crippen LogP contribution in [0.5, 0.6) is 0 Å². The van der Waals surface area contributed by atoms with Gasteiger partial charge in [0.05, 0.1) is 0 Å². The molecular weight excluding hydrogens is 186 g/mol. The van der Waals surface area contributed by atoms with Crippen LogP contribution >= 0.6 is 20.2 Å². The number of carbonyl (C=O) groups is 1. The van der Waals surface area contributed by atoms with E-state index in [2.05, 4.69) is 20.2 Å². The fourth-order valence-electron chi connectivity index (χ4n) is 0. The van der Waals surface area contributed by atoms with Gasteiger partial charge in [-0.05, 0) is 13.8 Å². The van der Waals surface area contributed by atoms with Gasteiger partial charge in [-0.1, -0.05) is 0 Å². The predicted octanol–water partition coefficient (Wildman–Crippen LogP) is 1.97. The van der Waals surface area contributed by atoms with Gasteiger partial charge < -0.3 is 4.79 Å². The fraction of sp³-hybridized carbons (Fsp3) is 0.667. The number of hydrogen-bond acceptors (Lipinski definition) is 1. The monoisotopic (exact) mass is 191 g/mol. The summed E-state index contributed by atoms with van der Waals surface area (Å²) in [4.78, 5) is 9.44. The van der Waals surface area contributed by atoms with E-state index in [1.54, 1.807) is 0 Å². The molecule has 0 saturated carbocycles. The number of halogens is 2. The molecule has 0 heterocycles. The average molecular weight is 193 g/mol. The molecule has 0 aromatic rings. The van der Waals surface area contributed by atoms with Gasteiger partial charge in [0, 0.05) is 0 Å². The Labute approximate surface area is 58.0 Å². The van der Waals surface area contributed by atoms with Crippen molar-refractivity contribution in [3.8, 4) is 0 Å². The number of Topliss-reactive ketones (excluding diaryl/α,β-unsaturated/α-hetero) is 1. The molecule has 0 fully saturated rings. The van der Waals surface area contributed by atoms with Crippen LogP contribution in [0.1, 0.15) is 13.8 Å². The summed E-state index contributed by atoms with van der Waals surface area (Å²) < 4.78 is 0. The summed E-state index contributed by atoms with van der Waals surface area (Å²) in [5, 5.41) is 0. The number of rotatable bonds is 0. The molecule has 0 unspecified atom stereocenters. The van der Waals surface area contributed by atoms with Crippen LogP contribution in [0.25, 0.3) is 0 Å². The fourth-order valence-corrected chi connectivity index (χ4v) is 0. The van der Waals surface area contributed by atoms with Crippen molar-refractivity contribution in [3.05, 3.63) is 0 Å². The molecule has 0 rings (SSSR count). The van der Waals surface area contributed by atoms with Crippen LogP contribution in [-0.2, 0) is 17.9 Å². The molecule has 0 radical (unpaired) electrons. The van der Waals surface area contributed by atoms with Crippen molar-refractivity contribution in [2.24, 2.45) is 0 Å². The summed E-state index contributed by atoms with van der Waals surface area (Å²) >= 11 is 0.757. The molecule has 0 aromatic heterocycles. The zero-order valence-corrected chi connectivity index (χ0v) is 6.42. The van der Waals surface area contributed by atoms with Crippen molar-refractivity contribution in [2.45, 2.75) is 13.8 Å². The molecule has 4 heteroatoms. The topological polar surface area (TPSA) is 17.1 Å². The van der Waals surface area contributed by atoms with E-state index >= 15 is 0 Å². The molecule has 0 amide bonds. The van der Waals surface area contributed by atoms with Gasteiger partial charge in [-0.2, -0.15) is 0 Å². The minimum absolute atomic E-state index is 0.167. The first-order valence-corrected chi connectivity index (χ1v) is 4.02. The van der Waals surface area contributed by atoms with Crippen LogP contribution in [0.2, 0.25) is 0 Å². The Morgan fingerprint density at radius 2 is 1.43 bits per heavy atom. The van der Waals surface area contributed by atoms with E-state index in [-0.39, 0.29) is 5.78 Å². The summed E-state index contributed by atoms with van der Waals surface area (Å²) in [6.07, 6.45) is 0. The van der Waals surface area contributed by atoms with E-state index in [4.69, 9.17) is 0 Å². The summed E-state index contributed by atoms with van der Waals surface area (Å²) in [7, 11) is 9.34. The minimum atomic E-state index is 0.167. The van der Waals surface area contributed by atoms with Crippen LogP contribution < -0.4 is 0 Å². The van der Waals surface area contributed by atoms with Crippen molar-refractivity contribution in [1.29, 1.82) is 0 Å². The third-order valence-corrected chi connectivity index (χ3v) is 0. The number of ketones is 1. The Hall–Kier alpha value is 0.769. The Bertz CT molecular complexity index is 44.2. The standard InChI is InChI=1S/C3H6O.2ClH.Cu/c1-3(2)4;;;/h1-2H3;2*1H;/q;;;+2/p-2. The Morgan fingerprint density at radius 3 is 1.43 bits per heavy atom. The third kappa shape index (κ3) is 260. The van der Waals surface area contributed by atoms with E-state index in [9.17, 15) is 4.79 Å². The van der Waals surface area contributed by atoms with E-state index in [1.807, 2.05) is 0 Å². The van der Waals surface area contributed by atoms with Gasteiger partial charge in [0.25, 0.3) is 0 Å². The second-order valence-electron chi connectivity index (χ2n) is 0.951. The first-order chi connectivity index (χ1) is 3.15. The average Bonchev–Trinajstić information content (AvgIpc) is 1.33. The molecule has 0 aliphatic heterocycles. The summed E-state index contributed by atoms with van der Waals surface area (Å²) in [5.74, 6) is 0.167. The van der Waals surface area contributed by atoms with Crippen LogP contribution in [0.4, 0.5) is 0 Å². The van der Waals surface area contributed by atoms with Crippen molar-refractivity contribution in [3.63, 3.8) is 0 Å². The normalized spacial score (nSPS) is 6.86. The van der Waals surface area contributed by atoms with Gasteiger partial charge >= 0.3 is 33.3 Å². The first kappa shape index (κ1) is 10.7. The number of hydrogen-bond donors (Lipinski definition) is 0. The van der Waals surface area contributed by atoms with Crippen molar-refractivity contribution >= 4 is 26.0 Å². The maximum absolute atomic E-state index is 9.44. The second-order valence-corrected chi connectivity index (χ2v) is 2.51. The van der Waals surface area contributed by atoms with E-state index in [0.29, 0.717) is 0 Å². The molecule has 0 N–H and O–H groups in total. The zero-order chi connectivity index (χ0) is 6.28. The van der Waals surface area contributed by atoms with Gasteiger partial charge in [0.2, 0.25) is 0 Å². The van der Waals surface area contributed by atoms with Gasteiger partial charge in [0.15, 0.2) is 0 Å². The third-order valence-electron chi connectivity index (χ3n) is 0. The molecular formula is C3H6Cl2CuO. The Morgan fingerprint density at radius 1 is 1.43 bits per heavy atom. The van der Waals surface area contributed by atoms with Crippen molar-refractivity contribution in [2.75, 3.05) is 0 Å². The van der Waals surface area contributed by atoms with Gasteiger partial charge in [-0.25, -0.2) is 0 Å².